The maximum absolute atomic E-state index is 13.2. The molecule has 0 radical (unpaired) electrons. The molecule has 1 heterocycles. The van der Waals surface area contributed by atoms with E-state index in [0.717, 1.165) is 6.07 Å². The zero-order chi connectivity index (χ0) is 17.9. The molecular weight excluding hydrogens is 315 g/mol. The zero-order valence-electron chi connectivity index (χ0n) is 13.9. The molecule has 1 amide bonds. The summed E-state index contributed by atoms with van der Waals surface area (Å²) in [5.41, 5.74) is 5.69. The monoisotopic (exact) mass is 338 g/mol. The molecule has 1 atom stereocenters. The molecule has 1 aromatic carbocycles. The molecular formula is C17H23FN2O4. The summed E-state index contributed by atoms with van der Waals surface area (Å²) in [4.78, 5) is 25.1. The summed E-state index contributed by atoms with van der Waals surface area (Å²) < 4.78 is 18.9. The number of benzene rings is 1. The predicted molar refractivity (Wildman–Crippen MR) is 86.4 cm³/mol. The number of hydrogen-bond acceptors (Lipinski definition) is 4. The molecule has 0 aliphatic carbocycles. The molecule has 1 aliphatic rings. The van der Waals surface area contributed by atoms with Crippen LogP contribution in [0.15, 0.2) is 18.2 Å². The minimum Gasteiger partial charge on any atom is -0.489 e. The number of nitrogens with zero attached hydrogens (tertiary/aromatic N) is 1. The number of rotatable bonds is 5. The van der Waals surface area contributed by atoms with Gasteiger partial charge in [-0.25, -0.2) is 9.18 Å². The Hall–Kier alpha value is -2.15. The van der Waals surface area contributed by atoms with Crippen LogP contribution in [0.25, 0.3) is 0 Å². The summed E-state index contributed by atoms with van der Waals surface area (Å²) in [6, 6.07) is 2.92. The van der Waals surface area contributed by atoms with E-state index < -0.39 is 17.8 Å². The first-order chi connectivity index (χ1) is 11.3. The number of carboxylic acids is 1. The van der Waals surface area contributed by atoms with E-state index >= 15 is 0 Å². The second-order valence-corrected chi connectivity index (χ2v) is 6.36. The Bertz CT molecular complexity index is 613. The molecule has 6 nitrogen and oxygen atoms in total. The average Bonchev–Trinajstić information content (AvgIpc) is 2.55. The fraction of sp³-hybridized carbons (Fsp3) is 0.529. The van der Waals surface area contributed by atoms with Crippen LogP contribution in [0.2, 0.25) is 0 Å². The van der Waals surface area contributed by atoms with Gasteiger partial charge in [-0.2, -0.15) is 0 Å². The number of carbonyl (C=O) groups is 2. The van der Waals surface area contributed by atoms with Crippen molar-refractivity contribution in [2.75, 3.05) is 13.1 Å². The Labute approximate surface area is 140 Å². The molecule has 3 N–H and O–H groups in total. The summed E-state index contributed by atoms with van der Waals surface area (Å²) in [5.74, 6) is -1.71. The maximum atomic E-state index is 13.2. The zero-order valence-corrected chi connectivity index (χ0v) is 13.9. The third kappa shape index (κ3) is 4.23. The standard InChI is InChI=1S/C17H23FN2O4/c1-10(2)15(19)16(21)20-7-5-12(6-8-20)24-14-4-3-11(18)9-13(14)17(22)23/h3-4,9-10,12,15H,5-8,19H2,1-2H3,(H,22,23)/t15-/m0/s1. The lowest BCUT2D eigenvalue weighted by Crippen LogP contribution is -2.50. The summed E-state index contributed by atoms with van der Waals surface area (Å²) in [5, 5.41) is 9.13. The lowest BCUT2D eigenvalue weighted by Gasteiger charge is -2.34. The first-order valence-corrected chi connectivity index (χ1v) is 8.03. The van der Waals surface area contributed by atoms with Gasteiger partial charge in [0.2, 0.25) is 5.91 Å². The molecule has 1 saturated heterocycles. The number of nitrogens with two attached hydrogens (primary N) is 1. The van der Waals surface area contributed by atoms with E-state index in [1.807, 2.05) is 13.8 Å². The van der Waals surface area contributed by atoms with Gasteiger partial charge in [-0.05, 0) is 24.1 Å². The topological polar surface area (TPSA) is 92.9 Å². The lowest BCUT2D eigenvalue weighted by atomic mass is 10.0. The first-order valence-electron chi connectivity index (χ1n) is 8.03. The Balaban J connectivity index is 1.97. The van der Waals surface area contributed by atoms with Crippen LogP contribution in [-0.4, -0.2) is 47.1 Å². The first kappa shape index (κ1) is 18.2. The van der Waals surface area contributed by atoms with Crippen molar-refractivity contribution in [2.45, 2.75) is 38.8 Å². The quantitative estimate of drug-likeness (QED) is 0.855. The third-order valence-corrected chi connectivity index (χ3v) is 4.22. The lowest BCUT2D eigenvalue weighted by molar-refractivity contribution is -0.135. The number of carboxylic acid groups (broad SMARTS) is 1. The van der Waals surface area contributed by atoms with Crippen LogP contribution in [0, 0.1) is 11.7 Å². The highest BCUT2D eigenvalue weighted by atomic mass is 19.1. The van der Waals surface area contributed by atoms with E-state index in [-0.39, 0.29) is 29.2 Å². The highest BCUT2D eigenvalue weighted by Gasteiger charge is 2.29. The van der Waals surface area contributed by atoms with Crippen LogP contribution in [0.3, 0.4) is 0 Å². The molecule has 7 heteroatoms. The van der Waals surface area contributed by atoms with Gasteiger partial charge in [-0.3, -0.25) is 4.79 Å². The van der Waals surface area contributed by atoms with Gasteiger partial charge in [0.05, 0.1) is 6.04 Å². The Morgan fingerprint density at radius 1 is 1.33 bits per heavy atom. The number of likely N-dealkylation sites (tertiary alicyclic amines) is 1. The van der Waals surface area contributed by atoms with Gasteiger partial charge in [0.1, 0.15) is 23.2 Å². The van der Waals surface area contributed by atoms with Gasteiger partial charge in [-0.1, -0.05) is 13.8 Å². The van der Waals surface area contributed by atoms with Crippen LogP contribution in [0.1, 0.15) is 37.0 Å². The predicted octanol–water partition coefficient (Wildman–Crippen LogP) is 1.88. The molecule has 0 bridgehead atoms. The van der Waals surface area contributed by atoms with E-state index in [9.17, 15) is 14.0 Å². The second-order valence-electron chi connectivity index (χ2n) is 6.36. The number of ether oxygens (including phenoxy) is 1. The van der Waals surface area contributed by atoms with E-state index in [1.54, 1.807) is 4.90 Å². The number of amides is 1. The molecule has 132 valence electrons. The van der Waals surface area contributed by atoms with E-state index in [2.05, 4.69) is 0 Å². The van der Waals surface area contributed by atoms with E-state index in [0.29, 0.717) is 25.9 Å². The Morgan fingerprint density at radius 2 is 1.96 bits per heavy atom. The van der Waals surface area contributed by atoms with Crippen LogP contribution in [0.5, 0.6) is 5.75 Å². The smallest absolute Gasteiger partial charge is 0.339 e. The van der Waals surface area contributed by atoms with Gasteiger partial charge < -0.3 is 20.5 Å². The van der Waals surface area contributed by atoms with Crippen molar-refractivity contribution >= 4 is 11.9 Å². The fourth-order valence-corrected chi connectivity index (χ4v) is 2.64. The normalized spacial score (nSPS) is 17.0. The van der Waals surface area contributed by atoms with Crippen molar-refractivity contribution in [1.82, 2.24) is 4.90 Å². The van der Waals surface area contributed by atoms with Crippen molar-refractivity contribution in [3.05, 3.63) is 29.6 Å². The summed E-state index contributed by atoms with van der Waals surface area (Å²) in [7, 11) is 0. The van der Waals surface area contributed by atoms with Gasteiger partial charge in [-0.15, -0.1) is 0 Å². The van der Waals surface area contributed by atoms with Crippen LogP contribution >= 0.6 is 0 Å². The van der Waals surface area contributed by atoms with Crippen molar-refractivity contribution in [3.8, 4) is 5.75 Å². The minimum absolute atomic E-state index is 0.0727. The number of carbonyl (C=O) groups excluding carboxylic acids is 1. The second kappa shape index (κ2) is 7.61. The van der Waals surface area contributed by atoms with Crippen molar-refractivity contribution in [1.29, 1.82) is 0 Å². The van der Waals surface area contributed by atoms with Crippen LogP contribution in [0.4, 0.5) is 4.39 Å². The SMILES string of the molecule is CC(C)[C@H](N)C(=O)N1CCC(Oc2ccc(F)cc2C(=O)O)CC1. The molecule has 24 heavy (non-hydrogen) atoms. The minimum atomic E-state index is -1.24. The van der Waals surface area contributed by atoms with Gasteiger partial charge in [0.25, 0.3) is 0 Å². The van der Waals surface area contributed by atoms with Gasteiger partial charge in [0.15, 0.2) is 0 Å². The molecule has 2 rings (SSSR count). The average molecular weight is 338 g/mol. The summed E-state index contributed by atoms with van der Waals surface area (Å²) >= 11 is 0. The fourth-order valence-electron chi connectivity index (χ4n) is 2.64. The van der Waals surface area contributed by atoms with Crippen LogP contribution in [-0.2, 0) is 4.79 Å². The Kier molecular flexibility index (Phi) is 5.77. The van der Waals surface area contributed by atoms with E-state index in [4.69, 9.17) is 15.6 Å². The van der Waals surface area contributed by atoms with Crippen molar-refractivity contribution in [2.24, 2.45) is 11.7 Å². The summed E-state index contributed by atoms with van der Waals surface area (Å²) in [6.07, 6.45) is 0.938. The number of hydrogen-bond donors (Lipinski definition) is 2. The summed E-state index contributed by atoms with van der Waals surface area (Å²) in [6.45, 7) is 4.82. The van der Waals surface area contributed by atoms with Crippen LogP contribution < -0.4 is 10.5 Å². The molecule has 0 saturated carbocycles. The maximum Gasteiger partial charge on any atom is 0.339 e. The molecule has 0 unspecified atom stereocenters. The number of halogens is 1. The highest BCUT2D eigenvalue weighted by molar-refractivity contribution is 5.90. The van der Waals surface area contributed by atoms with Crippen molar-refractivity contribution in [3.63, 3.8) is 0 Å². The number of piperidine rings is 1. The van der Waals surface area contributed by atoms with E-state index in [1.165, 1.54) is 12.1 Å². The molecule has 1 aromatic rings. The van der Waals surface area contributed by atoms with Gasteiger partial charge >= 0.3 is 5.97 Å². The number of aromatic carboxylic acids is 1. The molecule has 0 aromatic heterocycles. The third-order valence-electron chi connectivity index (χ3n) is 4.22. The Morgan fingerprint density at radius 3 is 2.50 bits per heavy atom. The molecule has 1 fully saturated rings. The molecule has 0 spiro atoms. The molecule has 1 aliphatic heterocycles. The highest BCUT2D eigenvalue weighted by Crippen LogP contribution is 2.24. The largest absolute Gasteiger partial charge is 0.489 e. The van der Waals surface area contributed by atoms with Gasteiger partial charge in [0, 0.05) is 25.9 Å². The van der Waals surface area contributed by atoms with Crippen molar-refractivity contribution < 1.29 is 23.8 Å².